The van der Waals surface area contributed by atoms with E-state index in [0.717, 1.165) is 29.9 Å². The van der Waals surface area contributed by atoms with E-state index in [4.69, 9.17) is 4.98 Å². The number of anilines is 1. The van der Waals surface area contributed by atoms with Gasteiger partial charge in [-0.2, -0.15) is 0 Å². The van der Waals surface area contributed by atoms with Crippen LogP contribution in [0.2, 0.25) is 0 Å². The Balaban J connectivity index is 1.42. The number of methoxy groups -OCH3 is 1. The van der Waals surface area contributed by atoms with E-state index in [2.05, 4.69) is 16.1 Å². The standard InChI is InChI=1S/C21H21N3O3S/c1-27-20(25)14-8-10-16(11-9-14)22-21(26)24-12-4-5-15(13-24)19-23-17-6-2-3-7-18(17)28-19/h2-3,6-11,15H,4-5,12-13H2,1H3,(H,22,26). The van der Waals surface area contributed by atoms with Gasteiger partial charge in [-0.25, -0.2) is 14.6 Å². The number of ether oxygens (including phenoxy) is 1. The van der Waals surface area contributed by atoms with Crippen molar-refractivity contribution in [1.82, 2.24) is 9.88 Å². The van der Waals surface area contributed by atoms with Gasteiger partial charge in [0.2, 0.25) is 0 Å². The van der Waals surface area contributed by atoms with E-state index in [1.165, 1.54) is 11.8 Å². The molecule has 1 unspecified atom stereocenters. The first kappa shape index (κ1) is 18.4. The van der Waals surface area contributed by atoms with E-state index in [-0.39, 0.29) is 11.9 Å². The van der Waals surface area contributed by atoms with Gasteiger partial charge >= 0.3 is 12.0 Å². The number of thiazole rings is 1. The first-order valence-corrected chi connectivity index (χ1v) is 10.1. The quantitative estimate of drug-likeness (QED) is 0.663. The largest absolute Gasteiger partial charge is 0.465 e. The van der Waals surface area contributed by atoms with Crippen molar-refractivity contribution in [2.45, 2.75) is 18.8 Å². The van der Waals surface area contributed by atoms with Gasteiger partial charge in [-0.3, -0.25) is 0 Å². The highest BCUT2D eigenvalue weighted by atomic mass is 32.1. The Morgan fingerprint density at radius 1 is 1.18 bits per heavy atom. The molecule has 1 N–H and O–H groups in total. The van der Waals surface area contributed by atoms with Gasteiger partial charge in [0.1, 0.15) is 0 Å². The lowest BCUT2D eigenvalue weighted by Crippen LogP contribution is -2.41. The van der Waals surface area contributed by atoms with Gasteiger partial charge in [-0.1, -0.05) is 12.1 Å². The highest BCUT2D eigenvalue weighted by Crippen LogP contribution is 2.33. The predicted octanol–water partition coefficient (Wildman–Crippen LogP) is 4.49. The van der Waals surface area contributed by atoms with E-state index in [0.29, 0.717) is 17.8 Å². The zero-order chi connectivity index (χ0) is 19.5. The summed E-state index contributed by atoms with van der Waals surface area (Å²) in [6.45, 7) is 1.39. The molecule has 2 aromatic carbocycles. The Bertz CT molecular complexity index is 967. The first-order valence-electron chi connectivity index (χ1n) is 9.24. The molecule has 0 saturated carbocycles. The summed E-state index contributed by atoms with van der Waals surface area (Å²) in [6.07, 6.45) is 1.99. The highest BCUT2D eigenvalue weighted by molar-refractivity contribution is 7.18. The second-order valence-electron chi connectivity index (χ2n) is 6.80. The van der Waals surface area contributed by atoms with Crippen LogP contribution in [-0.2, 0) is 4.74 Å². The van der Waals surface area contributed by atoms with Crippen LogP contribution in [0.3, 0.4) is 0 Å². The summed E-state index contributed by atoms with van der Waals surface area (Å²) in [7, 11) is 1.34. The van der Waals surface area contributed by atoms with Crippen LogP contribution in [0.1, 0.15) is 34.1 Å². The summed E-state index contributed by atoms with van der Waals surface area (Å²) in [4.78, 5) is 30.8. The molecule has 4 rings (SSSR count). The predicted molar refractivity (Wildman–Crippen MR) is 110 cm³/mol. The Labute approximate surface area is 167 Å². The van der Waals surface area contributed by atoms with Gasteiger partial charge in [0.25, 0.3) is 0 Å². The molecule has 2 amide bonds. The van der Waals surface area contributed by atoms with Gasteiger partial charge in [0.15, 0.2) is 0 Å². The van der Waals surface area contributed by atoms with E-state index >= 15 is 0 Å². The lowest BCUT2D eigenvalue weighted by atomic mass is 9.99. The molecule has 0 radical (unpaired) electrons. The maximum Gasteiger partial charge on any atom is 0.337 e. The molecule has 1 atom stereocenters. The molecular weight excluding hydrogens is 374 g/mol. The maximum atomic E-state index is 12.7. The Hall–Kier alpha value is -2.93. The number of hydrogen-bond donors (Lipinski definition) is 1. The second-order valence-corrected chi connectivity index (χ2v) is 7.87. The topological polar surface area (TPSA) is 71.5 Å². The van der Waals surface area contributed by atoms with Crippen molar-refractivity contribution >= 4 is 39.2 Å². The molecule has 6 nitrogen and oxygen atoms in total. The number of carbonyl (C=O) groups excluding carboxylic acids is 2. The number of nitrogens with one attached hydrogen (secondary N) is 1. The third-order valence-corrected chi connectivity index (χ3v) is 6.12. The molecule has 28 heavy (non-hydrogen) atoms. The minimum Gasteiger partial charge on any atom is -0.465 e. The number of hydrogen-bond acceptors (Lipinski definition) is 5. The van der Waals surface area contributed by atoms with Crippen molar-refractivity contribution in [1.29, 1.82) is 0 Å². The smallest absolute Gasteiger partial charge is 0.337 e. The van der Waals surface area contributed by atoms with Crippen molar-refractivity contribution in [3.63, 3.8) is 0 Å². The number of para-hydroxylation sites is 1. The number of fused-ring (bicyclic) bond motifs is 1. The zero-order valence-corrected chi connectivity index (χ0v) is 16.4. The second kappa shape index (κ2) is 7.98. The number of rotatable bonds is 3. The maximum absolute atomic E-state index is 12.7. The van der Waals surface area contributed by atoms with E-state index in [1.807, 2.05) is 23.1 Å². The Kier molecular flexibility index (Phi) is 5.25. The average Bonchev–Trinajstić information content (AvgIpc) is 3.18. The fourth-order valence-corrected chi connectivity index (χ4v) is 4.53. The van der Waals surface area contributed by atoms with Crippen LogP contribution in [0.15, 0.2) is 48.5 Å². The van der Waals surface area contributed by atoms with Crippen molar-refractivity contribution in [3.8, 4) is 0 Å². The van der Waals surface area contributed by atoms with E-state index in [1.54, 1.807) is 35.6 Å². The summed E-state index contributed by atoms with van der Waals surface area (Å²) in [5, 5.41) is 4.01. The van der Waals surface area contributed by atoms with Gasteiger partial charge in [0, 0.05) is 24.7 Å². The molecule has 1 aromatic heterocycles. The number of aromatic nitrogens is 1. The monoisotopic (exact) mass is 395 g/mol. The van der Waals surface area contributed by atoms with Crippen molar-refractivity contribution < 1.29 is 14.3 Å². The lowest BCUT2D eigenvalue weighted by Gasteiger charge is -2.31. The van der Waals surface area contributed by atoms with Crippen molar-refractivity contribution in [2.24, 2.45) is 0 Å². The molecule has 1 saturated heterocycles. The Morgan fingerprint density at radius 2 is 1.96 bits per heavy atom. The molecule has 3 aromatic rings. The number of carbonyl (C=O) groups is 2. The summed E-state index contributed by atoms with van der Waals surface area (Å²) >= 11 is 1.71. The number of piperidine rings is 1. The van der Waals surface area contributed by atoms with Crippen LogP contribution in [0.4, 0.5) is 10.5 Å². The molecule has 144 valence electrons. The van der Waals surface area contributed by atoms with Gasteiger partial charge in [-0.15, -0.1) is 11.3 Å². The number of amides is 2. The molecule has 0 aliphatic carbocycles. The first-order chi connectivity index (χ1) is 13.6. The van der Waals surface area contributed by atoms with Crippen LogP contribution in [0.25, 0.3) is 10.2 Å². The van der Waals surface area contributed by atoms with E-state index in [9.17, 15) is 9.59 Å². The fourth-order valence-electron chi connectivity index (χ4n) is 3.44. The molecule has 1 aliphatic heterocycles. The van der Waals surface area contributed by atoms with Gasteiger partial charge in [0.05, 0.1) is 27.9 Å². The molecule has 7 heteroatoms. The Morgan fingerprint density at radius 3 is 2.71 bits per heavy atom. The summed E-state index contributed by atoms with van der Waals surface area (Å²) < 4.78 is 5.87. The van der Waals surface area contributed by atoms with Crippen LogP contribution in [0, 0.1) is 0 Å². The van der Waals surface area contributed by atoms with Crippen LogP contribution in [0.5, 0.6) is 0 Å². The van der Waals surface area contributed by atoms with Crippen molar-refractivity contribution in [3.05, 3.63) is 59.1 Å². The molecule has 1 fully saturated rings. The molecule has 0 spiro atoms. The summed E-state index contributed by atoms with van der Waals surface area (Å²) in [6, 6.07) is 14.7. The highest BCUT2D eigenvalue weighted by Gasteiger charge is 2.27. The van der Waals surface area contributed by atoms with Crippen LogP contribution >= 0.6 is 11.3 Å². The number of likely N-dealkylation sites (tertiary alicyclic amines) is 1. The zero-order valence-electron chi connectivity index (χ0n) is 15.6. The summed E-state index contributed by atoms with van der Waals surface area (Å²) in [5.74, 6) is -0.133. The fraction of sp³-hybridized carbons (Fsp3) is 0.286. The molecule has 2 heterocycles. The minimum absolute atomic E-state index is 0.128. The number of esters is 1. The number of urea groups is 1. The molecular formula is C21H21N3O3S. The lowest BCUT2D eigenvalue weighted by molar-refractivity contribution is 0.0600. The molecule has 0 bridgehead atoms. The van der Waals surface area contributed by atoms with Gasteiger partial charge in [-0.05, 0) is 49.2 Å². The normalized spacial score (nSPS) is 16.8. The minimum atomic E-state index is -0.396. The van der Waals surface area contributed by atoms with E-state index < -0.39 is 5.97 Å². The average molecular weight is 395 g/mol. The third kappa shape index (κ3) is 3.84. The van der Waals surface area contributed by atoms with Crippen LogP contribution in [-0.4, -0.2) is 42.1 Å². The SMILES string of the molecule is COC(=O)c1ccc(NC(=O)N2CCCC(c3nc4ccccc4s3)C2)cc1. The van der Waals surface area contributed by atoms with Crippen LogP contribution < -0.4 is 5.32 Å². The van der Waals surface area contributed by atoms with Crippen molar-refractivity contribution in [2.75, 3.05) is 25.5 Å². The number of nitrogens with zero attached hydrogens (tertiary/aromatic N) is 2. The van der Waals surface area contributed by atoms with Gasteiger partial charge < -0.3 is 15.0 Å². The molecule has 1 aliphatic rings. The third-order valence-electron chi connectivity index (χ3n) is 4.93. The summed E-state index contributed by atoms with van der Waals surface area (Å²) in [5.41, 5.74) is 2.13. The number of benzene rings is 2.